The molecular weight excluding hydrogens is 387 g/mol. The molecule has 1 aromatic heterocycles. The van der Waals surface area contributed by atoms with Crippen molar-refractivity contribution in [1.29, 1.82) is 0 Å². The number of halogens is 1. The molecule has 2 aromatic rings. The highest BCUT2D eigenvalue weighted by Crippen LogP contribution is 2.31. The summed E-state index contributed by atoms with van der Waals surface area (Å²) < 4.78 is 13.3. The van der Waals surface area contributed by atoms with Crippen LogP contribution in [0.25, 0.3) is 0 Å². The molecule has 0 atom stereocenters. The van der Waals surface area contributed by atoms with Gasteiger partial charge in [0.15, 0.2) is 0 Å². The maximum atomic E-state index is 13.3. The Bertz CT molecular complexity index is 830. The summed E-state index contributed by atoms with van der Waals surface area (Å²) in [5, 5.41) is 0. The van der Waals surface area contributed by atoms with Crippen LogP contribution in [-0.2, 0) is 22.7 Å². The second kappa shape index (κ2) is 10.0. The first-order valence-corrected chi connectivity index (χ1v) is 11.1. The molecule has 0 N–H and O–H groups in total. The zero-order valence-corrected chi connectivity index (χ0v) is 18.0. The fourth-order valence-corrected chi connectivity index (χ4v) is 4.17. The number of aryl methyl sites for hydroxylation is 1. The van der Waals surface area contributed by atoms with Gasteiger partial charge in [-0.15, -0.1) is 11.3 Å². The van der Waals surface area contributed by atoms with Gasteiger partial charge in [0.2, 0.25) is 11.8 Å². The lowest BCUT2D eigenvalue weighted by Gasteiger charge is -2.28. The van der Waals surface area contributed by atoms with Crippen molar-refractivity contribution in [2.75, 3.05) is 13.1 Å². The SMILES string of the molecule is CCCCN(CC(=O)N(Cc1ccc(F)cc1)Cc1ccc(C)s1)C(=O)C1CC1. The number of nitrogens with zero attached hydrogens (tertiary/aromatic N) is 2. The Hall–Kier alpha value is -2.21. The van der Waals surface area contributed by atoms with Crippen molar-refractivity contribution < 1.29 is 14.0 Å². The van der Waals surface area contributed by atoms with Crippen molar-refractivity contribution in [1.82, 2.24) is 9.80 Å². The molecule has 1 aliphatic rings. The number of hydrogen-bond acceptors (Lipinski definition) is 3. The Labute approximate surface area is 176 Å². The monoisotopic (exact) mass is 416 g/mol. The second-order valence-electron chi connectivity index (χ2n) is 7.78. The first-order chi connectivity index (χ1) is 14.0. The molecule has 0 unspecified atom stereocenters. The highest BCUT2D eigenvalue weighted by atomic mass is 32.1. The summed E-state index contributed by atoms with van der Waals surface area (Å²) in [7, 11) is 0. The number of unbranched alkanes of at least 4 members (excludes halogenated alkanes) is 1. The van der Waals surface area contributed by atoms with Crippen molar-refractivity contribution >= 4 is 23.2 Å². The number of thiophene rings is 1. The van der Waals surface area contributed by atoms with E-state index in [2.05, 4.69) is 6.92 Å². The average molecular weight is 417 g/mol. The molecule has 1 fully saturated rings. The van der Waals surface area contributed by atoms with E-state index < -0.39 is 0 Å². The smallest absolute Gasteiger partial charge is 0.242 e. The van der Waals surface area contributed by atoms with E-state index in [1.807, 2.05) is 19.1 Å². The molecular formula is C23H29FN2O2S. The highest BCUT2D eigenvalue weighted by molar-refractivity contribution is 7.11. The molecule has 2 amide bonds. The average Bonchev–Trinajstić information content (AvgIpc) is 3.48. The Kier molecular flexibility index (Phi) is 7.42. The summed E-state index contributed by atoms with van der Waals surface area (Å²) in [6, 6.07) is 10.3. The van der Waals surface area contributed by atoms with Crippen LogP contribution in [0, 0.1) is 18.7 Å². The molecule has 4 nitrogen and oxygen atoms in total. The Morgan fingerprint density at radius 2 is 1.79 bits per heavy atom. The molecule has 0 radical (unpaired) electrons. The van der Waals surface area contributed by atoms with Crippen LogP contribution in [0.4, 0.5) is 4.39 Å². The predicted octanol–water partition coefficient (Wildman–Crippen LogP) is 4.76. The lowest BCUT2D eigenvalue weighted by Crippen LogP contribution is -2.43. The van der Waals surface area contributed by atoms with Gasteiger partial charge >= 0.3 is 0 Å². The van der Waals surface area contributed by atoms with Crippen molar-refractivity contribution in [3.05, 3.63) is 57.5 Å². The van der Waals surface area contributed by atoms with Gasteiger partial charge < -0.3 is 9.80 Å². The summed E-state index contributed by atoms with van der Waals surface area (Å²) in [4.78, 5) is 31.7. The molecule has 29 heavy (non-hydrogen) atoms. The first kappa shape index (κ1) is 21.5. The number of carbonyl (C=O) groups is 2. The number of benzene rings is 1. The number of rotatable bonds is 10. The highest BCUT2D eigenvalue weighted by Gasteiger charge is 2.34. The van der Waals surface area contributed by atoms with Gasteiger partial charge in [0, 0.05) is 28.8 Å². The minimum atomic E-state index is -0.290. The minimum Gasteiger partial charge on any atom is -0.333 e. The van der Waals surface area contributed by atoms with Crippen LogP contribution in [0.5, 0.6) is 0 Å². The number of carbonyl (C=O) groups excluding carboxylic acids is 2. The van der Waals surface area contributed by atoms with Gasteiger partial charge in [0.25, 0.3) is 0 Å². The summed E-state index contributed by atoms with van der Waals surface area (Å²) in [5.41, 5.74) is 0.877. The minimum absolute atomic E-state index is 0.0644. The molecule has 0 aliphatic heterocycles. The van der Waals surface area contributed by atoms with Crippen LogP contribution in [0.3, 0.4) is 0 Å². The van der Waals surface area contributed by atoms with Crippen LogP contribution in [0.2, 0.25) is 0 Å². The van der Waals surface area contributed by atoms with Gasteiger partial charge in [0.05, 0.1) is 13.1 Å². The van der Waals surface area contributed by atoms with Crippen LogP contribution in [0.1, 0.15) is 47.9 Å². The van der Waals surface area contributed by atoms with Gasteiger partial charge in [-0.2, -0.15) is 0 Å². The quantitative estimate of drug-likeness (QED) is 0.560. The van der Waals surface area contributed by atoms with Crippen LogP contribution < -0.4 is 0 Å². The standard InChI is InChI=1S/C23H29FN2O2S/c1-3-4-13-25(23(28)19-8-9-19)16-22(27)26(15-21-12-5-17(2)29-21)14-18-6-10-20(24)11-7-18/h5-7,10-12,19H,3-4,8-9,13-16H2,1-2H3. The molecule has 6 heteroatoms. The predicted molar refractivity (Wildman–Crippen MR) is 114 cm³/mol. The maximum absolute atomic E-state index is 13.3. The van der Waals surface area contributed by atoms with Crippen molar-refractivity contribution in [2.24, 2.45) is 5.92 Å². The third-order valence-corrected chi connectivity index (χ3v) is 6.11. The Morgan fingerprint density at radius 3 is 2.38 bits per heavy atom. The van der Waals surface area contributed by atoms with Crippen LogP contribution >= 0.6 is 11.3 Å². The molecule has 0 bridgehead atoms. The number of hydrogen-bond donors (Lipinski definition) is 0. The van der Waals surface area contributed by atoms with E-state index in [-0.39, 0.29) is 30.1 Å². The lowest BCUT2D eigenvalue weighted by atomic mass is 10.2. The van der Waals surface area contributed by atoms with E-state index in [0.29, 0.717) is 19.6 Å². The summed E-state index contributed by atoms with van der Waals surface area (Å²) in [5.74, 6) is -0.141. The van der Waals surface area contributed by atoms with Crippen LogP contribution in [-0.4, -0.2) is 34.7 Å². The topological polar surface area (TPSA) is 40.6 Å². The fraction of sp³-hybridized carbons (Fsp3) is 0.478. The van der Waals surface area contributed by atoms with Crippen molar-refractivity contribution in [3.8, 4) is 0 Å². The molecule has 3 rings (SSSR count). The summed E-state index contributed by atoms with van der Waals surface area (Å²) in [6.07, 6.45) is 3.75. The van der Waals surface area contributed by atoms with Gasteiger partial charge in [0.1, 0.15) is 5.82 Å². The van der Waals surface area contributed by atoms with Gasteiger partial charge in [-0.05, 0) is 56.0 Å². The zero-order chi connectivity index (χ0) is 20.8. The maximum Gasteiger partial charge on any atom is 0.242 e. The van der Waals surface area contributed by atoms with Gasteiger partial charge in [-0.25, -0.2) is 4.39 Å². The van der Waals surface area contributed by atoms with Crippen molar-refractivity contribution in [2.45, 2.75) is 52.6 Å². The zero-order valence-electron chi connectivity index (χ0n) is 17.2. The summed E-state index contributed by atoms with van der Waals surface area (Å²) in [6.45, 7) is 5.76. The molecule has 1 saturated carbocycles. The third kappa shape index (κ3) is 6.39. The number of amides is 2. The molecule has 0 spiro atoms. The van der Waals surface area contributed by atoms with Gasteiger partial charge in [-0.3, -0.25) is 9.59 Å². The van der Waals surface area contributed by atoms with E-state index in [1.165, 1.54) is 17.0 Å². The second-order valence-corrected chi connectivity index (χ2v) is 9.15. The van der Waals surface area contributed by atoms with E-state index in [9.17, 15) is 14.0 Å². The molecule has 1 aliphatic carbocycles. The molecule has 156 valence electrons. The van der Waals surface area contributed by atoms with E-state index in [1.54, 1.807) is 33.3 Å². The van der Waals surface area contributed by atoms with Gasteiger partial charge in [-0.1, -0.05) is 25.5 Å². The Morgan fingerprint density at radius 1 is 1.07 bits per heavy atom. The van der Waals surface area contributed by atoms with E-state index in [4.69, 9.17) is 0 Å². The van der Waals surface area contributed by atoms with Crippen molar-refractivity contribution in [3.63, 3.8) is 0 Å². The van der Waals surface area contributed by atoms with E-state index in [0.717, 1.165) is 36.1 Å². The summed E-state index contributed by atoms with van der Waals surface area (Å²) >= 11 is 1.67. The first-order valence-electron chi connectivity index (χ1n) is 10.3. The Balaban J connectivity index is 1.73. The largest absolute Gasteiger partial charge is 0.333 e. The van der Waals surface area contributed by atoms with E-state index >= 15 is 0 Å². The molecule has 1 aromatic carbocycles. The molecule has 1 heterocycles. The van der Waals surface area contributed by atoms with Crippen LogP contribution in [0.15, 0.2) is 36.4 Å². The normalized spacial score (nSPS) is 13.3. The fourth-order valence-electron chi connectivity index (χ4n) is 3.27. The molecule has 0 saturated heterocycles. The lowest BCUT2D eigenvalue weighted by molar-refractivity contribution is -0.142. The third-order valence-electron chi connectivity index (χ3n) is 5.13.